The molecule has 158 valence electrons. The fourth-order valence-corrected chi connectivity index (χ4v) is 4.79. The molecule has 2 heterocycles. The van der Waals surface area contributed by atoms with Gasteiger partial charge in [0.05, 0.1) is 21.8 Å². The lowest BCUT2D eigenvalue weighted by Crippen LogP contribution is -2.27. The number of benzene rings is 1. The maximum Gasteiger partial charge on any atom is 0.262 e. The molecule has 0 saturated heterocycles. The number of para-hydroxylation sites is 1. The number of Topliss-reactive ketones (excluding diaryl/α,β-unsaturated/α-hetero) is 2. The monoisotopic (exact) mass is 425 g/mol. The van der Waals surface area contributed by atoms with Crippen molar-refractivity contribution in [3.8, 4) is 0 Å². The molecule has 0 radical (unpaired) electrons. The first-order chi connectivity index (χ1) is 14.2. The van der Waals surface area contributed by atoms with Crippen LogP contribution in [0, 0.1) is 13.8 Å². The molecule has 0 saturated carbocycles. The van der Waals surface area contributed by atoms with E-state index in [1.165, 1.54) is 18.7 Å². The minimum Gasteiger partial charge on any atom is -0.355 e. The van der Waals surface area contributed by atoms with Gasteiger partial charge in [-0.3, -0.25) is 19.0 Å². The number of carbonyl (C=O) groups is 2. The van der Waals surface area contributed by atoms with Crippen LogP contribution in [0.5, 0.6) is 0 Å². The van der Waals surface area contributed by atoms with Crippen LogP contribution in [-0.4, -0.2) is 31.4 Å². The van der Waals surface area contributed by atoms with Gasteiger partial charge in [-0.05, 0) is 58.7 Å². The van der Waals surface area contributed by atoms with E-state index >= 15 is 0 Å². The number of aryl methyl sites for hydroxylation is 1. The zero-order chi connectivity index (χ0) is 22.2. The largest absolute Gasteiger partial charge is 0.355 e. The van der Waals surface area contributed by atoms with E-state index in [9.17, 15) is 14.4 Å². The molecule has 1 N–H and O–H groups in total. The third kappa shape index (κ3) is 3.86. The molecule has 0 aliphatic rings. The van der Waals surface area contributed by atoms with Crippen LogP contribution in [0.4, 0.5) is 0 Å². The Kier molecular flexibility index (Phi) is 6.31. The molecule has 2 atom stereocenters. The summed E-state index contributed by atoms with van der Waals surface area (Å²) in [5, 5.41) is 0.620. The number of fused-ring (bicyclic) bond motifs is 1. The predicted octanol–water partition coefficient (Wildman–Crippen LogP) is 4.88. The fourth-order valence-electron chi connectivity index (χ4n) is 3.72. The summed E-state index contributed by atoms with van der Waals surface area (Å²) in [4.78, 5) is 46.0. The first-order valence-electron chi connectivity index (χ1n) is 10.1. The van der Waals surface area contributed by atoms with E-state index < -0.39 is 5.25 Å². The van der Waals surface area contributed by atoms with Crippen LogP contribution in [0.15, 0.2) is 34.2 Å². The number of aromatic amines is 1. The molecule has 6 nitrogen and oxygen atoms in total. The lowest BCUT2D eigenvalue weighted by Gasteiger charge is -2.20. The van der Waals surface area contributed by atoms with Gasteiger partial charge in [-0.2, -0.15) is 0 Å². The molecule has 0 aliphatic heterocycles. The van der Waals surface area contributed by atoms with Crippen molar-refractivity contribution in [1.82, 2.24) is 14.5 Å². The summed E-state index contributed by atoms with van der Waals surface area (Å²) < 4.78 is 1.69. The van der Waals surface area contributed by atoms with E-state index in [1.807, 2.05) is 32.0 Å². The summed E-state index contributed by atoms with van der Waals surface area (Å²) in [6, 6.07) is 7.22. The molecule has 2 aromatic heterocycles. The smallest absolute Gasteiger partial charge is 0.262 e. The number of nitrogens with zero attached hydrogens (tertiary/aromatic N) is 2. The Balaban J connectivity index is 2.03. The van der Waals surface area contributed by atoms with E-state index in [2.05, 4.69) is 4.98 Å². The molecule has 0 spiro atoms. The number of H-pyrrole nitrogens is 1. The molecule has 0 fully saturated rings. The average molecular weight is 426 g/mol. The molecule has 30 heavy (non-hydrogen) atoms. The minimum absolute atomic E-state index is 0.0433. The standard InChI is InChI=1S/C23H27N3O3S/c1-7-12(2)26-22(29)17-10-8-9-11-18(17)25-23(26)30-16(6)21(28)20-13(3)19(15(5)27)14(4)24-20/h8-12,16,24H,7H2,1-6H3/t12-,16-/m1/s1. The van der Waals surface area contributed by atoms with Crippen molar-refractivity contribution in [2.75, 3.05) is 0 Å². The first kappa shape index (κ1) is 22.0. The Morgan fingerprint density at radius 1 is 1.20 bits per heavy atom. The number of carbonyl (C=O) groups excluding carboxylic acids is 2. The number of nitrogens with one attached hydrogen (secondary N) is 1. The van der Waals surface area contributed by atoms with E-state index in [4.69, 9.17) is 4.98 Å². The number of aromatic nitrogens is 3. The van der Waals surface area contributed by atoms with E-state index in [0.717, 1.165) is 6.42 Å². The van der Waals surface area contributed by atoms with Crippen molar-refractivity contribution in [3.05, 3.63) is 57.1 Å². The predicted molar refractivity (Wildman–Crippen MR) is 121 cm³/mol. The fraction of sp³-hybridized carbons (Fsp3) is 0.391. The van der Waals surface area contributed by atoms with Crippen molar-refractivity contribution < 1.29 is 9.59 Å². The third-order valence-corrected chi connectivity index (χ3v) is 6.56. The highest BCUT2D eigenvalue weighted by Crippen LogP contribution is 2.29. The molecule has 0 bridgehead atoms. The number of hydrogen-bond donors (Lipinski definition) is 1. The molecular weight excluding hydrogens is 398 g/mol. The summed E-state index contributed by atoms with van der Waals surface area (Å²) in [6.07, 6.45) is 0.771. The van der Waals surface area contributed by atoms with Crippen molar-refractivity contribution in [2.45, 2.75) is 64.4 Å². The quantitative estimate of drug-likeness (QED) is 0.331. The Hall–Kier alpha value is -2.67. The average Bonchev–Trinajstić information content (AvgIpc) is 3.01. The van der Waals surface area contributed by atoms with Gasteiger partial charge >= 0.3 is 0 Å². The Labute approximate surface area is 180 Å². The van der Waals surface area contributed by atoms with Gasteiger partial charge in [-0.15, -0.1) is 0 Å². The molecule has 1 aromatic carbocycles. The second-order valence-corrected chi connectivity index (χ2v) is 8.96. The zero-order valence-corrected chi connectivity index (χ0v) is 19.0. The second kappa shape index (κ2) is 8.60. The van der Waals surface area contributed by atoms with Gasteiger partial charge < -0.3 is 4.98 Å². The molecule has 0 unspecified atom stereocenters. The molecular formula is C23H27N3O3S. The van der Waals surface area contributed by atoms with Crippen molar-refractivity contribution in [2.24, 2.45) is 0 Å². The van der Waals surface area contributed by atoms with Crippen molar-refractivity contribution in [1.29, 1.82) is 0 Å². The van der Waals surface area contributed by atoms with Crippen LogP contribution >= 0.6 is 11.8 Å². The molecule has 0 amide bonds. The summed E-state index contributed by atoms with van der Waals surface area (Å²) in [7, 11) is 0. The lowest BCUT2D eigenvalue weighted by molar-refractivity contribution is 0.0988. The van der Waals surface area contributed by atoms with Gasteiger partial charge in [0, 0.05) is 17.3 Å². The topological polar surface area (TPSA) is 84.8 Å². The summed E-state index contributed by atoms with van der Waals surface area (Å²) in [5.74, 6) is -0.186. The van der Waals surface area contributed by atoms with Gasteiger partial charge in [0.1, 0.15) is 0 Å². The molecule has 0 aliphatic carbocycles. The first-order valence-corrected chi connectivity index (χ1v) is 11.0. The van der Waals surface area contributed by atoms with Crippen molar-refractivity contribution in [3.63, 3.8) is 0 Å². The summed E-state index contributed by atoms with van der Waals surface area (Å²) in [5.41, 5.74) is 2.90. The maximum atomic E-state index is 13.2. The minimum atomic E-state index is -0.482. The van der Waals surface area contributed by atoms with Crippen LogP contribution in [0.1, 0.15) is 72.3 Å². The number of thioether (sulfide) groups is 1. The highest BCUT2D eigenvalue weighted by Gasteiger charge is 2.26. The van der Waals surface area contributed by atoms with E-state index in [1.54, 1.807) is 31.4 Å². The summed E-state index contributed by atoms with van der Waals surface area (Å²) >= 11 is 1.28. The SMILES string of the molecule is CC[C@@H](C)n1c(S[C@H](C)C(=O)c2[nH]c(C)c(C(C)=O)c2C)nc2ccccc2c1=O. The van der Waals surface area contributed by atoms with Gasteiger partial charge in [0.15, 0.2) is 16.7 Å². The second-order valence-electron chi connectivity index (χ2n) is 7.65. The Morgan fingerprint density at radius 2 is 1.87 bits per heavy atom. The Bertz CT molecular complexity index is 1190. The highest BCUT2D eigenvalue weighted by atomic mass is 32.2. The van der Waals surface area contributed by atoms with Gasteiger partial charge in [-0.1, -0.05) is 30.8 Å². The number of rotatable bonds is 7. The number of ketones is 2. The lowest BCUT2D eigenvalue weighted by atomic mass is 10.0. The highest BCUT2D eigenvalue weighted by molar-refractivity contribution is 8.00. The zero-order valence-electron chi connectivity index (χ0n) is 18.2. The van der Waals surface area contributed by atoms with Gasteiger partial charge in [0.25, 0.3) is 5.56 Å². The Morgan fingerprint density at radius 3 is 2.47 bits per heavy atom. The molecule has 7 heteroatoms. The number of hydrogen-bond acceptors (Lipinski definition) is 5. The van der Waals surface area contributed by atoms with E-state index in [0.29, 0.717) is 38.6 Å². The third-order valence-electron chi connectivity index (χ3n) is 5.49. The maximum absolute atomic E-state index is 13.2. The van der Waals surface area contributed by atoms with Crippen LogP contribution < -0.4 is 5.56 Å². The van der Waals surface area contributed by atoms with Crippen LogP contribution in [0.3, 0.4) is 0 Å². The van der Waals surface area contributed by atoms with Gasteiger partial charge in [0.2, 0.25) is 0 Å². The normalized spacial score (nSPS) is 13.4. The molecule has 3 aromatic rings. The van der Waals surface area contributed by atoms with Crippen LogP contribution in [-0.2, 0) is 0 Å². The van der Waals surface area contributed by atoms with Gasteiger partial charge in [-0.25, -0.2) is 4.98 Å². The van der Waals surface area contributed by atoms with Crippen LogP contribution in [0.2, 0.25) is 0 Å². The van der Waals surface area contributed by atoms with Crippen molar-refractivity contribution >= 4 is 34.2 Å². The summed E-state index contributed by atoms with van der Waals surface area (Å²) in [6.45, 7) is 10.9. The molecule has 3 rings (SSSR count). The van der Waals surface area contributed by atoms with E-state index in [-0.39, 0.29) is 23.2 Å². The van der Waals surface area contributed by atoms with Crippen LogP contribution in [0.25, 0.3) is 10.9 Å².